The molecule has 7 heteroatoms. The van der Waals surface area contributed by atoms with Crippen LogP contribution in [0.4, 0.5) is 5.69 Å². The van der Waals surface area contributed by atoms with Crippen LogP contribution in [0.2, 0.25) is 0 Å². The van der Waals surface area contributed by atoms with E-state index in [1.54, 1.807) is 7.05 Å². The first-order valence-electron chi connectivity index (χ1n) is 9.03. The van der Waals surface area contributed by atoms with Crippen molar-refractivity contribution in [3.8, 4) is 0 Å². The van der Waals surface area contributed by atoms with Crippen molar-refractivity contribution in [3.05, 3.63) is 30.3 Å². The van der Waals surface area contributed by atoms with Gasteiger partial charge < -0.3 is 20.9 Å². The van der Waals surface area contributed by atoms with E-state index in [9.17, 15) is 4.79 Å². The Hall–Kier alpha value is -1.51. The van der Waals surface area contributed by atoms with Crippen LogP contribution >= 0.6 is 24.0 Å². The Morgan fingerprint density at radius 1 is 1.31 bits per heavy atom. The van der Waals surface area contributed by atoms with Gasteiger partial charge in [-0.1, -0.05) is 18.2 Å². The molecule has 1 aromatic carbocycles. The van der Waals surface area contributed by atoms with Crippen molar-refractivity contribution < 1.29 is 4.79 Å². The molecule has 0 aliphatic carbocycles. The number of para-hydroxylation sites is 1. The zero-order valence-electron chi connectivity index (χ0n) is 16.2. The molecule has 1 amide bonds. The number of benzene rings is 1. The number of carbonyl (C=O) groups excluding carboxylic acids is 1. The average molecular weight is 473 g/mol. The molecule has 146 valence electrons. The van der Waals surface area contributed by atoms with Gasteiger partial charge in [-0.2, -0.15) is 0 Å². The summed E-state index contributed by atoms with van der Waals surface area (Å²) in [5.41, 5.74) is 0.734. The number of hydrogen-bond acceptors (Lipinski definition) is 3. The Morgan fingerprint density at radius 3 is 2.62 bits per heavy atom. The molecule has 1 aliphatic heterocycles. The fourth-order valence-electron chi connectivity index (χ4n) is 2.95. The standard InChI is InChI=1S/C19H31N5O.HI/c1-5-21-18(22-14-19(2,3)17(25)20-4)23-15-11-12-24(13-15)16-9-7-6-8-10-16;/h6-10,15H,5,11-14H2,1-4H3,(H,20,25)(H2,21,22,23);1H. The molecule has 0 aromatic heterocycles. The van der Waals surface area contributed by atoms with Crippen LogP contribution in [-0.2, 0) is 4.79 Å². The lowest BCUT2D eigenvalue weighted by molar-refractivity contribution is -0.128. The minimum Gasteiger partial charge on any atom is -0.369 e. The zero-order chi connectivity index (χ0) is 18.3. The van der Waals surface area contributed by atoms with Crippen molar-refractivity contribution in [2.75, 3.05) is 38.1 Å². The molecule has 26 heavy (non-hydrogen) atoms. The highest BCUT2D eigenvalue weighted by Gasteiger charge is 2.27. The monoisotopic (exact) mass is 473 g/mol. The van der Waals surface area contributed by atoms with Crippen molar-refractivity contribution in [2.24, 2.45) is 10.4 Å². The van der Waals surface area contributed by atoms with Crippen LogP contribution < -0.4 is 20.9 Å². The lowest BCUT2D eigenvalue weighted by atomic mass is 9.93. The summed E-state index contributed by atoms with van der Waals surface area (Å²) in [4.78, 5) is 18.9. The normalized spacial score (nSPS) is 17.5. The summed E-state index contributed by atoms with van der Waals surface area (Å²) in [6.07, 6.45) is 1.07. The minimum absolute atomic E-state index is 0. The number of aliphatic imine (C=N–C) groups is 1. The molecule has 3 N–H and O–H groups in total. The Labute approximate surface area is 174 Å². The van der Waals surface area contributed by atoms with Gasteiger partial charge in [0.2, 0.25) is 5.91 Å². The number of anilines is 1. The molecule has 2 rings (SSSR count). The first-order chi connectivity index (χ1) is 12.0. The van der Waals surface area contributed by atoms with E-state index in [1.807, 2.05) is 26.8 Å². The van der Waals surface area contributed by atoms with Crippen molar-refractivity contribution in [2.45, 2.75) is 33.2 Å². The van der Waals surface area contributed by atoms with E-state index in [0.717, 1.165) is 32.0 Å². The van der Waals surface area contributed by atoms with E-state index in [4.69, 9.17) is 0 Å². The SMILES string of the molecule is CCNC(=NCC(C)(C)C(=O)NC)NC1CCN(c2ccccc2)C1.I. The van der Waals surface area contributed by atoms with Gasteiger partial charge in [-0.25, -0.2) is 0 Å². The quantitative estimate of drug-likeness (QED) is 0.337. The number of halogens is 1. The first kappa shape index (κ1) is 22.5. The molecule has 1 atom stereocenters. The number of amides is 1. The van der Waals surface area contributed by atoms with Crippen molar-refractivity contribution in [1.29, 1.82) is 0 Å². The molecule has 0 spiro atoms. The van der Waals surface area contributed by atoms with Crippen LogP contribution in [0.5, 0.6) is 0 Å². The topological polar surface area (TPSA) is 68.8 Å². The molecule has 1 aromatic rings. The van der Waals surface area contributed by atoms with E-state index < -0.39 is 5.41 Å². The van der Waals surface area contributed by atoms with E-state index in [1.165, 1.54) is 5.69 Å². The highest BCUT2D eigenvalue weighted by molar-refractivity contribution is 14.0. The molecule has 0 bridgehead atoms. The second-order valence-electron chi connectivity index (χ2n) is 7.07. The van der Waals surface area contributed by atoms with Crippen LogP contribution in [0, 0.1) is 5.41 Å². The summed E-state index contributed by atoms with van der Waals surface area (Å²) >= 11 is 0. The van der Waals surface area contributed by atoms with E-state index >= 15 is 0 Å². The number of guanidine groups is 1. The van der Waals surface area contributed by atoms with Crippen molar-refractivity contribution >= 4 is 41.5 Å². The molecular formula is C19H32IN5O. The summed E-state index contributed by atoms with van der Waals surface area (Å²) in [6.45, 7) is 9.08. The molecular weight excluding hydrogens is 441 g/mol. The van der Waals surface area contributed by atoms with Gasteiger partial charge >= 0.3 is 0 Å². The molecule has 1 unspecified atom stereocenters. The van der Waals surface area contributed by atoms with Crippen LogP contribution in [0.3, 0.4) is 0 Å². The van der Waals surface area contributed by atoms with Crippen molar-refractivity contribution in [1.82, 2.24) is 16.0 Å². The van der Waals surface area contributed by atoms with Gasteiger partial charge in [0.25, 0.3) is 0 Å². The van der Waals surface area contributed by atoms with Gasteiger partial charge in [0.1, 0.15) is 0 Å². The molecule has 0 radical (unpaired) electrons. The van der Waals surface area contributed by atoms with Gasteiger partial charge in [-0.05, 0) is 39.3 Å². The number of hydrogen-bond donors (Lipinski definition) is 3. The van der Waals surface area contributed by atoms with Gasteiger partial charge in [-0.15, -0.1) is 24.0 Å². The number of nitrogens with one attached hydrogen (secondary N) is 3. The predicted octanol–water partition coefficient (Wildman–Crippen LogP) is 2.21. The maximum Gasteiger partial charge on any atom is 0.227 e. The molecule has 1 heterocycles. The van der Waals surface area contributed by atoms with Crippen LogP contribution in [0.15, 0.2) is 35.3 Å². The summed E-state index contributed by atoms with van der Waals surface area (Å²) in [6, 6.07) is 10.8. The van der Waals surface area contributed by atoms with E-state index in [2.05, 4.69) is 50.1 Å². The molecule has 0 saturated carbocycles. The third-order valence-electron chi connectivity index (χ3n) is 4.47. The number of nitrogens with zero attached hydrogens (tertiary/aromatic N) is 2. The largest absolute Gasteiger partial charge is 0.369 e. The minimum atomic E-state index is -0.525. The average Bonchev–Trinajstić information content (AvgIpc) is 3.08. The fourth-order valence-corrected chi connectivity index (χ4v) is 2.95. The Bertz CT molecular complexity index is 591. The van der Waals surface area contributed by atoms with Gasteiger partial charge in [-0.3, -0.25) is 9.79 Å². The summed E-state index contributed by atoms with van der Waals surface area (Å²) in [5.74, 6) is 0.780. The van der Waals surface area contributed by atoms with E-state index in [0.29, 0.717) is 12.6 Å². The molecule has 1 fully saturated rings. The number of rotatable bonds is 6. The zero-order valence-corrected chi connectivity index (χ0v) is 18.5. The second kappa shape index (κ2) is 10.6. The summed E-state index contributed by atoms with van der Waals surface area (Å²) in [5, 5.41) is 9.50. The lowest BCUT2D eigenvalue weighted by Crippen LogP contribution is -2.45. The van der Waals surface area contributed by atoms with Crippen LogP contribution in [0.25, 0.3) is 0 Å². The van der Waals surface area contributed by atoms with Gasteiger partial charge in [0.15, 0.2) is 5.96 Å². The highest BCUT2D eigenvalue weighted by atomic mass is 127. The van der Waals surface area contributed by atoms with Gasteiger partial charge in [0.05, 0.1) is 12.0 Å². The molecule has 6 nitrogen and oxygen atoms in total. The van der Waals surface area contributed by atoms with Gasteiger partial charge in [0, 0.05) is 38.4 Å². The smallest absolute Gasteiger partial charge is 0.227 e. The van der Waals surface area contributed by atoms with E-state index in [-0.39, 0.29) is 29.9 Å². The third-order valence-corrected chi connectivity index (χ3v) is 4.47. The predicted molar refractivity (Wildman–Crippen MR) is 119 cm³/mol. The Kier molecular flexibility index (Phi) is 9.18. The lowest BCUT2D eigenvalue weighted by Gasteiger charge is -2.23. The summed E-state index contributed by atoms with van der Waals surface area (Å²) < 4.78 is 0. The fraction of sp³-hybridized carbons (Fsp3) is 0.579. The molecule has 1 aliphatic rings. The Balaban J connectivity index is 0.00000338. The van der Waals surface area contributed by atoms with Crippen molar-refractivity contribution in [3.63, 3.8) is 0 Å². The first-order valence-corrected chi connectivity index (χ1v) is 9.03. The molecule has 1 saturated heterocycles. The van der Waals surface area contributed by atoms with Crippen LogP contribution in [0.1, 0.15) is 27.2 Å². The maximum atomic E-state index is 11.9. The Morgan fingerprint density at radius 2 is 2.00 bits per heavy atom. The maximum absolute atomic E-state index is 11.9. The highest BCUT2D eigenvalue weighted by Crippen LogP contribution is 2.20. The van der Waals surface area contributed by atoms with Crippen LogP contribution in [-0.4, -0.2) is 51.1 Å². The second-order valence-corrected chi connectivity index (χ2v) is 7.07. The third kappa shape index (κ3) is 6.34. The summed E-state index contributed by atoms with van der Waals surface area (Å²) in [7, 11) is 1.66. The number of carbonyl (C=O) groups is 1.